The van der Waals surface area contributed by atoms with Crippen LogP contribution in [0.15, 0.2) is 0 Å². The predicted molar refractivity (Wildman–Crippen MR) is 62.3 cm³/mol. The predicted octanol–water partition coefficient (Wildman–Crippen LogP) is 4.33. The van der Waals surface area contributed by atoms with E-state index in [1.807, 2.05) is 0 Å². The van der Waals surface area contributed by atoms with Gasteiger partial charge in [0, 0.05) is 5.54 Å². The van der Waals surface area contributed by atoms with Gasteiger partial charge < -0.3 is 0 Å². The first-order chi connectivity index (χ1) is 6.77. The lowest BCUT2D eigenvalue weighted by atomic mass is 9.74. The second-order valence-electron chi connectivity index (χ2n) is 5.01. The number of rotatable bonds is 8. The standard InChI is InChI=1S/C13H26N/c1-2-3-4-5-6-7-8-10-13(14)11-9-12-13/h14H,2-12H2,1H3. The molecule has 83 valence electrons. The van der Waals surface area contributed by atoms with Crippen molar-refractivity contribution >= 4 is 0 Å². The van der Waals surface area contributed by atoms with Crippen LogP contribution in [0.25, 0.3) is 0 Å². The lowest BCUT2D eigenvalue weighted by Gasteiger charge is -2.37. The van der Waals surface area contributed by atoms with Crippen molar-refractivity contribution in [2.75, 3.05) is 0 Å². The molecule has 0 aromatic heterocycles. The Morgan fingerprint density at radius 1 is 0.929 bits per heavy atom. The minimum absolute atomic E-state index is 0.0173. The van der Waals surface area contributed by atoms with Crippen LogP contribution in [0.2, 0.25) is 0 Å². The van der Waals surface area contributed by atoms with Gasteiger partial charge in [-0.1, -0.05) is 51.9 Å². The van der Waals surface area contributed by atoms with Gasteiger partial charge in [-0.15, -0.1) is 0 Å². The van der Waals surface area contributed by atoms with Crippen LogP contribution in [-0.2, 0) is 0 Å². The molecule has 0 unspecified atom stereocenters. The van der Waals surface area contributed by atoms with Crippen LogP contribution in [-0.4, -0.2) is 5.54 Å². The Morgan fingerprint density at radius 2 is 1.50 bits per heavy atom. The molecule has 1 fully saturated rings. The molecule has 0 heterocycles. The molecule has 1 rings (SSSR count). The summed E-state index contributed by atoms with van der Waals surface area (Å²) >= 11 is 0. The monoisotopic (exact) mass is 196 g/mol. The Balaban J connectivity index is 1.80. The van der Waals surface area contributed by atoms with Crippen molar-refractivity contribution in [1.29, 1.82) is 0 Å². The van der Waals surface area contributed by atoms with Gasteiger partial charge in [-0.05, 0) is 25.7 Å². The average molecular weight is 196 g/mol. The van der Waals surface area contributed by atoms with Gasteiger partial charge in [0.2, 0.25) is 0 Å². The van der Waals surface area contributed by atoms with E-state index in [-0.39, 0.29) is 5.54 Å². The normalized spacial score (nSPS) is 19.3. The summed E-state index contributed by atoms with van der Waals surface area (Å²) < 4.78 is 0. The van der Waals surface area contributed by atoms with Gasteiger partial charge in [0.15, 0.2) is 0 Å². The summed E-state index contributed by atoms with van der Waals surface area (Å²) in [5, 5.41) is 0. The minimum Gasteiger partial charge on any atom is -0.251 e. The molecule has 1 radical (unpaired) electrons. The van der Waals surface area contributed by atoms with Crippen molar-refractivity contribution in [2.24, 2.45) is 0 Å². The molecule has 0 atom stereocenters. The van der Waals surface area contributed by atoms with Gasteiger partial charge in [0.05, 0.1) is 0 Å². The smallest absolute Gasteiger partial charge is 0.0324 e. The molecule has 1 saturated carbocycles. The van der Waals surface area contributed by atoms with Crippen LogP contribution in [0, 0.1) is 0 Å². The van der Waals surface area contributed by atoms with E-state index >= 15 is 0 Å². The van der Waals surface area contributed by atoms with E-state index in [1.165, 1.54) is 70.6 Å². The Labute approximate surface area is 89.5 Å². The number of hydrogen-bond acceptors (Lipinski definition) is 0. The van der Waals surface area contributed by atoms with Crippen molar-refractivity contribution < 1.29 is 0 Å². The molecule has 1 N–H and O–H groups in total. The highest BCUT2D eigenvalue weighted by molar-refractivity contribution is 4.91. The molecule has 0 amide bonds. The third kappa shape index (κ3) is 4.45. The van der Waals surface area contributed by atoms with Crippen LogP contribution in [0.4, 0.5) is 0 Å². The zero-order valence-electron chi connectivity index (χ0n) is 9.78. The molecule has 14 heavy (non-hydrogen) atoms. The fraction of sp³-hybridized carbons (Fsp3) is 1.00. The summed E-state index contributed by atoms with van der Waals surface area (Å²) in [5.74, 6) is 0. The molecule has 1 aliphatic carbocycles. The molecule has 0 saturated heterocycles. The lowest BCUT2D eigenvalue weighted by Crippen LogP contribution is -2.38. The maximum Gasteiger partial charge on any atom is 0.0324 e. The Bertz CT molecular complexity index is 138. The highest BCUT2D eigenvalue weighted by Gasteiger charge is 2.32. The fourth-order valence-electron chi connectivity index (χ4n) is 2.27. The maximum absolute atomic E-state index is 8.01. The van der Waals surface area contributed by atoms with Crippen LogP contribution in [0.3, 0.4) is 0 Å². The lowest BCUT2D eigenvalue weighted by molar-refractivity contribution is 0.214. The molecule has 0 aliphatic heterocycles. The summed E-state index contributed by atoms with van der Waals surface area (Å²) in [6.07, 6.45) is 14.5. The summed E-state index contributed by atoms with van der Waals surface area (Å²) in [5.41, 5.74) is 8.03. The molecule has 1 nitrogen and oxygen atoms in total. The molecular weight excluding hydrogens is 170 g/mol. The SMILES string of the molecule is CCCCCCCCCC1([NH])CCC1. The van der Waals surface area contributed by atoms with Gasteiger partial charge in [-0.3, -0.25) is 5.73 Å². The van der Waals surface area contributed by atoms with E-state index in [4.69, 9.17) is 5.73 Å². The maximum atomic E-state index is 8.01. The second-order valence-corrected chi connectivity index (χ2v) is 5.01. The first-order valence-corrected chi connectivity index (χ1v) is 6.52. The van der Waals surface area contributed by atoms with Crippen molar-refractivity contribution in [1.82, 2.24) is 5.73 Å². The summed E-state index contributed by atoms with van der Waals surface area (Å²) in [6.45, 7) is 2.26. The fourth-order valence-corrected chi connectivity index (χ4v) is 2.27. The van der Waals surface area contributed by atoms with Crippen LogP contribution in [0.5, 0.6) is 0 Å². The van der Waals surface area contributed by atoms with Gasteiger partial charge in [-0.25, -0.2) is 0 Å². The van der Waals surface area contributed by atoms with E-state index in [9.17, 15) is 0 Å². The minimum atomic E-state index is 0.0173. The van der Waals surface area contributed by atoms with Crippen LogP contribution >= 0.6 is 0 Å². The van der Waals surface area contributed by atoms with Gasteiger partial charge in [0.25, 0.3) is 0 Å². The third-order valence-corrected chi connectivity index (χ3v) is 3.57. The van der Waals surface area contributed by atoms with Crippen molar-refractivity contribution in [2.45, 2.75) is 83.1 Å². The summed E-state index contributed by atoms with van der Waals surface area (Å²) in [6, 6.07) is 0. The zero-order valence-corrected chi connectivity index (χ0v) is 9.78. The van der Waals surface area contributed by atoms with E-state index < -0.39 is 0 Å². The highest BCUT2D eigenvalue weighted by Crippen LogP contribution is 2.35. The van der Waals surface area contributed by atoms with Gasteiger partial charge in [0.1, 0.15) is 0 Å². The van der Waals surface area contributed by atoms with Crippen molar-refractivity contribution in [3.8, 4) is 0 Å². The Kier molecular flexibility index (Phi) is 5.54. The van der Waals surface area contributed by atoms with Crippen LogP contribution < -0.4 is 5.73 Å². The third-order valence-electron chi connectivity index (χ3n) is 3.57. The molecule has 0 spiro atoms. The van der Waals surface area contributed by atoms with E-state index in [0.717, 1.165) is 0 Å². The molecule has 1 heteroatoms. The highest BCUT2D eigenvalue weighted by atomic mass is 14.8. The quantitative estimate of drug-likeness (QED) is 0.516. The summed E-state index contributed by atoms with van der Waals surface area (Å²) in [7, 11) is 0. The molecule has 0 bridgehead atoms. The van der Waals surface area contributed by atoms with Crippen LogP contribution in [0.1, 0.15) is 77.6 Å². The zero-order chi connectivity index (χ0) is 10.3. The van der Waals surface area contributed by atoms with E-state index in [2.05, 4.69) is 6.92 Å². The Morgan fingerprint density at radius 3 is 2.00 bits per heavy atom. The first-order valence-electron chi connectivity index (χ1n) is 6.52. The van der Waals surface area contributed by atoms with Crippen molar-refractivity contribution in [3.05, 3.63) is 0 Å². The number of nitrogens with one attached hydrogen (secondary N) is 1. The van der Waals surface area contributed by atoms with Gasteiger partial charge in [-0.2, -0.15) is 0 Å². The topological polar surface area (TPSA) is 23.8 Å². The second kappa shape index (κ2) is 6.44. The molecule has 1 aliphatic rings. The number of unbranched alkanes of at least 4 members (excludes halogenated alkanes) is 6. The summed E-state index contributed by atoms with van der Waals surface area (Å²) in [4.78, 5) is 0. The Hall–Kier alpha value is -0.0400. The molecular formula is C13H26N. The largest absolute Gasteiger partial charge is 0.251 e. The van der Waals surface area contributed by atoms with Crippen molar-refractivity contribution in [3.63, 3.8) is 0 Å². The molecule has 0 aromatic rings. The van der Waals surface area contributed by atoms with E-state index in [0.29, 0.717) is 0 Å². The van der Waals surface area contributed by atoms with E-state index in [1.54, 1.807) is 0 Å². The van der Waals surface area contributed by atoms with Gasteiger partial charge >= 0.3 is 0 Å². The molecule has 0 aromatic carbocycles. The first kappa shape index (κ1) is 12.0. The average Bonchev–Trinajstić information content (AvgIpc) is 2.14. The number of hydrogen-bond donors (Lipinski definition) is 0.